The molecule has 0 aliphatic carbocycles. The van der Waals surface area contributed by atoms with Crippen molar-refractivity contribution in [2.75, 3.05) is 15.4 Å². The van der Waals surface area contributed by atoms with Crippen LogP contribution in [0.15, 0.2) is 69.8 Å². The molecule has 154 valence electrons. The van der Waals surface area contributed by atoms with Gasteiger partial charge in [0.25, 0.3) is 15.9 Å². The predicted molar refractivity (Wildman–Crippen MR) is 120 cm³/mol. The molecule has 2 amide bonds. The molecule has 0 saturated heterocycles. The van der Waals surface area contributed by atoms with Crippen molar-refractivity contribution in [2.45, 2.75) is 21.3 Å². The van der Waals surface area contributed by atoms with Crippen LogP contribution in [0.4, 0.5) is 16.4 Å². The molecule has 0 spiro atoms. The summed E-state index contributed by atoms with van der Waals surface area (Å²) in [6, 6.07) is 16.6. The number of thiophene rings is 1. The average molecular weight is 460 g/mol. The number of sulfonamides is 1. The van der Waals surface area contributed by atoms with Crippen LogP contribution >= 0.6 is 23.1 Å². The molecule has 30 heavy (non-hydrogen) atoms. The van der Waals surface area contributed by atoms with Crippen LogP contribution in [0.25, 0.3) is 0 Å². The second-order valence-corrected chi connectivity index (χ2v) is 10.9. The highest BCUT2D eigenvalue weighted by molar-refractivity contribution is 8.01. The number of benzene rings is 2. The van der Waals surface area contributed by atoms with Gasteiger partial charge in [0.2, 0.25) is 5.91 Å². The summed E-state index contributed by atoms with van der Waals surface area (Å²) < 4.78 is 27.7. The first kappa shape index (κ1) is 20.5. The molecule has 1 atom stereocenters. The molecule has 1 aromatic heterocycles. The molecule has 7 nitrogen and oxygen atoms in total. The molecule has 2 heterocycles. The zero-order valence-corrected chi connectivity index (χ0v) is 18.2. The smallest absolute Gasteiger partial charge is 0.271 e. The first-order valence-electron chi connectivity index (χ1n) is 8.92. The van der Waals surface area contributed by atoms with Crippen LogP contribution in [0.2, 0.25) is 0 Å². The number of rotatable bonds is 5. The maximum atomic E-state index is 12.6. The van der Waals surface area contributed by atoms with Gasteiger partial charge in [-0.05, 0) is 49.4 Å². The topological polar surface area (TPSA) is 104 Å². The number of thioether (sulfide) groups is 1. The van der Waals surface area contributed by atoms with Crippen molar-refractivity contribution in [3.05, 3.63) is 66.2 Å². The van der Waals surface area contributed by atoms with Crippen LogP contribution < -0.4 is 15.4 Å². The zero-order valence-electron chi connectivity index (χ0n) is 15.7. The Hall–Kier alpha value is -2.82. The minimum atomic E-state index is -3.75. The fourth-order valence-electron chi connectivity index (χ4n) is 2.78. The maximum Gasteiger partial charge on any atom is 0.271 e. The third-order valence-corrected chi connectivity index (χ3v) is 8.33. The molecule has 1 unspecified atom stereocenters. The molecule has 0 bridgehead atoms. The Kier molecular flexibility index (Phi) is 5.54. The molecule has 10 heteroatoms. The van der Waals surface area contributed by atoms with Gasteiger partial charge >= 0.3 is 0 Å². The van der Waals surface area contributed by atoms with Gasteiger partial charge in [-0.25, -0.2) is 8.42 Å². The molecule has 1 aliphatic rings. The van der Waals surface area contributed by atoms with E-state index in [1.807, 2.05) is 6.92 Å². The van der Waals surface area contributed by atoms with E-state index in [0.717, 1.165) is 16.2 Å². The summed E-state index contributed by atoms with van der Waals surface area (Å²) in [5, 5.41) is 5.71. The molecular formula is C20H17N3O4S3. The number of anilines is 3. The number of hydrogen-bond acceptors (Lipinski definition) is 6. The van der Waals surface area contributed by atoms with Crippen LogP contribution in [0.3, 0.4) is 0 Å². The van der Waals surface area contributed by atoms with Crippen LogP contribution in [-0.4, -0.2) is 25.5 Å². The Balaban J connectivity index is 1.48. The van der Waals surface area contributed by atoms with E-state index in [1.54, 1.807) is 54.6 Å². The second-order valence-electron chi connectivity index (χ2n) is 6.50. The monoisotopic (exact) mass is 459 g/mol. The SMILES string of the molecule is CC1Sc2ccc(C(=O)Nc3ccc(S(=O)(=O)Nc4ccccc4)s3)cc2NC1=O. The number of carbonyl (C=O) groups excluding carboxylic acids is 2. The third-order valence-electron chi connectivity index (χ3n) is 4.28. The van der Waals surface area contributed by atoms with E-state index in [2.05, 4.69) is 15.4 Å². The van der Waals surface area contributed by atoms with E-state index in [9.17, 15) is 18.0 Å². The van der Waals surface area contributed by atoms with Crippen molar-refractivity contribution >= 4 is 61.3 Å². The Morgan fingerprint density at radius 3 is 2.60 bits per heavy atom. The van der Waals surface area contributed by atoms with Gasteiger partial charge in [-0.3, -0.25) is 14.3 Å². The normalized spacial score (nSPS) is 15.8. The summed E-state index contributed by atoms with van der Waals surface area (Å²) in [7, 11) is -3.75. The maximum absolute atomic E-state index is 12.6. The van der Waals surface area contributed by atoms with Gasteiger partial charge in [0, 0.05) is 16.1 Å². The molecule has 3 aromatic rings. The van der Waals surface area contributed by atoms with E-state index in [-0.39, 0.29) is 15.4 Å². The highest BCUT2D eigenvalue weighted by Crippen LogP contribution is 2.36. The summed E-state index contributed by atoms with van der Waals surface area (Å²) in [6.45, 7) is 1.82. The highest BCUT2D eigenvalue weighted by atomic mass is 32.2. The molecular weight excluding hydrogens is 442 g/mol. The number of nitrogens with one attached hydrogen (secondary N) is 3. The van der Waals surface area contributed by atoms with Crippen LogP contribution in [0, 0.1) is 0 Å². The minimum absolute atomic E-state index is 0.0877. The lowest BCUT2D eigenvalue weighted by Gasteiger charge is -2.21. The van der Waals surface area contributed by atoms with E-state index in [0.29, 0.717) is 21.9 Å². The lowest BCUT2D eigenvalue weighted by atomic mass is 10.2. The summed E-state index contributed by atoms with van der Waals surface area (Å²) in [5.74, 6) is -0.499. The Morgan fingerprint density at radius 2 is 1.83 bits per heavy atom. The molecule has 0 fully saturated rings. The molecule has 2 aromatic carbocycles. The second kappa shape index (κ2) is 8.13. The fourth-order valence-corrected chi connectivity index (χ4v) is 5.97. The lowest BCUT2D eigenvalue weighted by molar-refractivity contribution is -0.115. The van der Waals surface area contributed by atoms with E-state index in [4.69, 9.17) is 0 Å². The molecule has 3 N–H and O–H groups in total. The van der Waals surface area contributed by atoms with E-state index >= 15 is 0 Å². The number of para-hydroxylation sites is 1. The van der Waals surface area contributed by atoms with Gasteiger partial charge in [-0.2, -0.15) is 0 Å². The standard InChI is InChI=1S/C20H17N3O4S3/c1-12-19(24)21-15-11-13(7-8-16(15)28-12)20(25)22-17-9-10-18(29-17)30(26,27)23-14-5-3-2-4-6-14/h2-12,23H,1H3,(H,21,24)(H,22,25). The highest BCUT2D eigenvalue weighted by Gasteiger charge is 2.24. The van der Waals surface area contributed by atoms with Crippen molar-refractivity contribution in [3.8, 4) is 0 Å². The van der Waals surface area contributed by atoms with E-state index < -0.39 is 15.9 Å². The summed E-state index contributed by atoms with van der Waals surface area (Å²) in [6.07, 6.45) is 0. The third kappa shape index (κ3) is 4.35. The van der Waals surface area contributed by atoms with Gasteiger partial charge in [-0.1, -0.05) is 18.2 Å². The molecule has 4 rings (SSSR count). The Labute approximate surface area is 181 Å². The molecule has 0 saturated carbocycles. The van der Waals surface area contributed by atoms with Gasteiger partial charge < -0.3 is 10.6 Å². The fraction of sp³-hybridized carbons (Fsp3) is 0.100. The first-order chi connectivity index (χ1) is 14.3. The van der Waals surface area contributed by atoms with Crippen molar-refractivity contribution in [1.29, 1.82) is 0 Å². The van der Waals surface area contributed by atoms with Crippen molar-refractivity contribution in [3.63, 3.8) is 0 Å². The Bertz CT molecular complexity index is 1220. The number of carbonyl (C=O) groups is 2. The van der Waals surface area contributed by atoms with Gasteiger partial charge in [0.1, 0.15) is 4.21 Å². The van der Waals surface area contributed by atoms with Crippen LogP contribution in [0.1, 0.15) is 17.3 Å². The number of hydrogen-bond donors (Lipinski definition) is 3. The summed E-state index contributed by atoms with van der Waals surface area (Å²) >= 11 is 2.39. The van der Waals surface area contributed by atoms with E-state index in [1.165, 1.54) is 17.8 Å². The van der Waals surface area contributed by atoms with Gasteiger partial charge in [-0.15, -0.1) is 23.1 Å². The minimum Gasteiger partial charge on any atom is -0.324 e. The lowest BCUT2D eigenvalue weighted by Crippen LogP contribution is -2.26. The number of fused-ring (bicyclic) bond motifs is 1. The quantitative estimate of drug-likeness (QED) is 0.530. The first-order valence-corrected chi connectivity index (χ1v) is 12.1. The summed E-state index contributed by atoms with van der Waals surface area (Å²) in [4.78, 5) is 25.4. The van der Waals surface area contributed by atoms with Gasteiger partial charge in [0.15, 0.2) is 0 Å². The Morgan fingerprint density at radius 1 is 1.07 bits per heavy atom. The average Bonchev–Trinajstić information content (AvgIpc) is 3.18. The largest absolute Gasteiger partial charge is 0.324 e. The molecule has 1 aliphatic heterocycles. The number of amides is 2. The van der Waals surface area contributed by atoms with Crippen LogP contribution in [-0.2, 0) is 14.8 Å². The van der Waals surface area contributed by atoms with Crippen molar-refractivity contribution in [1.82, 2.24) is 0 Å². The van der Waals surface area contributed by atoms with Crippen molar-refractivity contribution < 1.29 is 18.0 Å². The predicted octanol–water partition coefficient (Wildman–Crippen LogP) is 4.23. The van der Waals surface area contributed by atoms with Crippen molar-refractivity contribution in [2.24, 2.45) is 0 Å². The van der Waals surface area contributed by atoms with Gasteiger partial charge in [0.05, 0.1) is 15.9 Å². The summed E-state index contributed by atoms with van der Waals surface area (Å²) in [5.41, 5.74) is 1.42. The zero-order chi connectivity index (χ0) is 21.3. The van der Waals surface area contributed by atoms with Crippen LogP contribution in [0.5, 0.6) is 0 Å². The molecule has 0 radical (unpaired) electrons.